The Morgan fingerprint density at radius 2 is 2.15 bits per heavy atom. The van der Waals surface area contributed by atoms with Crippen molar-refractivity contribution in [2.75, 3.05) is 0 Å². The van der Waals surface area contributed by atoms with E-state index >= 15 is 0 Å². The Bertz CT molecular complexity index is 836. The first-order valence-electron chi connectivity index (χ1n) is 9.01. The highest BCUT2D eigenvalue weighted by Gasteiger charge is 2.23. The number of aromatic amines is 1. The number of nitrogens with zero attached hydrogens (tertiary/aromatic N) is 2. The van der Waals surface area contributed by atoms with Gasteiger partial charge < -0.3 is 10.1 Å². The molecule has 2 aromatic heterocycles. The van der Waals surface area contributed by atoms with Crippen molar-refractivity contribution in [3.05, 3.63) is 54.0 Å². The molecule has 0 amide bonds. The van der Waals surface area contributed by atoms with E-state index in [4.69, 9.17) is 4.74 Å². The van der Waals surface area contributed by atoms with E-state index in [1.807, 2.05) is 30.7 Å². The molecule has 5 nitrogen and oxygen atoms in total. The number of aromatic nitrogens is 3. The molecule has 1 saturated carbocycles. The lowest BCUT2D eigenvalue weighted by atomic mass is 9.92. The second kappa shape index (κ2) is 8.52. The van der Waals surface area contributed by atoms with E-state index in [2.05, 4.69) is 39.6 Å². The molecule has 138 valence electrons. The fourth-order valence-corrected chi connectivity index (χ4v) is 3.65. The molecule has 2 heterocycles. The third-order valence-corrected chi connectivity index (χ3v) is 5.08. The summed E-state index contributed by atoms with van der Waals surface area (Å²) in [6.07, 6.45) is 10.4. The van der Waals surface area contributed by atoms with Crippen molar-refractivity contribution in [2.24, 2.45) is 0 Å². The molecule has 1 aromatic carbocycles. The number of halogens is 1. The third kappa shape index (κ3) is 4.17. The molecule has 6 heteroatoms. The van der Waals surface area contributed by atoms with Crippen molar-refractivity contribution in [1.82, 2.24) is 20.5 Å². The molecule has 0 saturated heterocycles. The summed E-state index contributed by atoms with van der Waals surface area (Å²) >= 11 is 0. The summed E-state index contributed by atoms with van der Waals surface area (Å²) in [5, 5.41) is 11.9. The highest BCUT2D eigenvalue weighted by atomic mass is 35.5. The van der Waals surface area contributed by atoms with Crippen LogP contribution in [-0.2, 0) is 6.54 Å². The van der Waals surface area contributed by atoms with Crippen LogP contribution in [0.3, 0.4) is 0 Å². The number of aryl methyl sites for hydroxylation is 1. The van der Waals surface area contributed by atoms with Crippen LogP contribution in [-0.4, -0.2) is 27.3 Å². The van der Waals surface area contributed by atoms with Crippen molar-refractivity contribution in [3.63, 3.8) is 0 Å². The Balaban J connectivity index is 0.00000196. The van der Waals surface area contributed by atoms with E-state index in [9.17, 15) is 0 Å². The second-order valence-corrected chi connectivity index (χ2v) is 6.87. The van der Waals surface area contributed by atoms with Crippen LogP contribution in [0.15, 0.2) is 42.9 Å². The molecule has 1 fully saturated rings. The van der Waals surface area contributed by atoms with Crippen LogP contribution >= 0.6 is 12.4 Å². The largest absolute Gasteiger partial charge is 0.490 e. The van der Waals surface area contributed by atoms with E-state index in [0.29, 0.717) is 6.04 Å². The van der Waals surface area contributed by atoms with E-state index < -0.39 is 0 Å². The fourth-order valence-electron chi connectivity index (χ4n) is 3.65. The Morgan fingerprint density at radius 1 is 1.23 bits per heavy atom. The lowest BCUT2D eigenvalue weighted by molar-refractivity contribution is 0.133. The highest BCUT2D eigenvalue weighted by molar-refractivity contribution is 5.85. The van der Waals surface area contributed by atoms with Crippen molar-refractivity contribution in [1.29, 1.82) is 0 Å². The Labute approximate surface area is 160 Å². The monoisotopic (exact) mass is 372 g/mol. The Kier molecular flexibility index (Phi) is 6.12. The summed E-state index contributed by atoms with van der Waals surface area (Å²) in [5.41, 5.74) is 3.45. The summed E-state index contributed by atoms with van der Waals surface area (Å²) in [7, 11) is 0. The SMILES string of the molecule is Cc1c(O[C@@H]2CCC[C@H](NCc3cccnc3)C2)ccc2[nH]ncc12.Cl. The van der Waals surface area contributed by atoms with Gasteiger partial charge in [-0.3, -0.25) is 10.1 Å². The molecule has 4 rings (SSSR count). The van der Waals surface area contributed by atoms with Crippen molar-refractivity contribution in [3.8, 4) is 5.75 Å². The lowest BCUT2D eigenvalue weighted by Gasteiger charge is -2.30. The first kappa shape index (κ1) is 18.7. The number of hydrogen-bond donors (Lipinski definition) is 2. The van der Waals surface area contributed by atoms with E-state index in [0.717, 1.165) is 41.6 Å². The molecular formula is C20H25ClN4O. The number of H-pyrrole nitrogens is 1. The van der Waals surface area contributed by atoms with Crippen LogP contribution in [0.25, 0.3) is 10.9 Å². The number of fused-ring (bicyclic) bond motifs is 1. The molecule has 0 bridgehead atoms. The van der Waals surface area contributed by atoms with Gasteiger partial charge in [-0.1, -0.05) is 6.07 Å². The van der Waals surface area contributed by atoms with E-state index in [1.165, 1.54) is 18.4 Å². The normalized spacial score (nSPS) is 19.9. The van der Waals surface area contributed by atoms with Gasteiger partial charge in [-0.2, -0.15) is 5.10 Å². The molecule has 26 heavy (non-hydrogen) atoms. The van der Waals surface area contributed by atoms with Gasteiger partial charge in [0.1, 0.15) is 11.9 Å². The van der Waals surface area contributed by atoms with Crippen molar-refractivity contribution in [2.45, 2.75) is 51.3 Å². The zero-order chi connectivity index (χ0) is 17.1. The number of pyridine rings is 1. The van der Waals surface area contributed by atoms with Crippen molar-refractivity contribution >= 4 is 23.3 Å². The van der Waals surface area contributed by atoms with Gasteiger partial charge in [0.05, 0.1) is 11.7 Å². The topological polar surface area (TPSA) is 62.8 Å². The number of hydrogen-bond acceptors (Lipinski definition) is 4. The molecule has 2 atom stereocenters. The van der Waals surface area contributed by atoms with Crippen LogP contribution in [0.4, 0.5) is 0 Å². The predicted molar refractivity (Wildman–Crippen MR) is 106 cm³/mol. The van der Waals surface area contributed by atoms with Gasteiger partial charge in [-0.05, 0) is 56.4 Å². The van der Waals surface area contributed by atoms with Gasteiger partial charge in [0.15, 0.2) is 0 Å². The maximum Gasteiger partial charge on any atom is 0.123 e. The molecule has 0 spiro atoms. The zero-order valence-electron chi connectivity index (χ0n) is 14.9. The van der Waals surface area contributed by atoms with Gasteiger partial charge >= 0.3 is 0 Å². The second-order valence-electron chi connectivity index (χ2n) is 6.87. The minimum absolute atomic E-state index is 0. The predicted octanol–water partition coefficient (Wildman–Crippen LogP) is 4.17. The average Bonchev–Trinajstić information content (AvgIpc) is 3.13. The summed E-state index contributed by atoms with van der Waals surface area (Å²) in [6.45, 7) is 2.97. The van der Waals surface area contributed by atoms with Gasteiger partial charge in [0, 0.05) is 35.9 Å². The smallest absolute Gasteiger partial charge is 0.123 e. The maximum absolute atomic E-state index is 6.35. The van der Waals surface area contributed by atoms with Crippen LogP contribution in [0.1, 0.15) is 36.8 Å². The lowest BCUT2D eigenvalue weighted by Crippen LogP contribution is -2.37. The number of benzene rings is 1. The van der Waals surface area contributed by atoms with Crippen LogP contribution in [0.5, 0.6) is 5.75 Å². The first-order valence-corrected chi connectivity index (χ1v) is 9.01. The van der Waals surface area contributed by atoms with Gasteiger partial charge in [0.2, 0.25) is 0 Å². The molecular weight excluding hydrogens is 348 g/mol. The summed E-state index contributed by atoms with van der Waals surface area (Å²) < 4.78 is 6.35. The Hall–Kier alpha value is -2.11. The van der Waals surface area contributed by atoms with Gasteiger partial charge in [-0.25, -0.2) is 0 Å². The maximum atomic E-state index is 6.35. The molecule has 0 aliphatic heterocycles. The summed E-state index contributed by atoms with van der Waals surface area (Å²) in [5.74, 6) is 0.979. The molecule has 3 aromatic rings. The van der Waals surface area contributed by atoms with Gasteiger partial charge in [0.25, 0.3) is 0 Å². The molecule has 1 aliphatic carbocycles. The molecule has 1 aliphatic rings. The molecule has 0 unspecified atom stereocenters. The minimum Gasteiger partial charge on any atom is -0.490 e. The minimum atomic E-state index is 0. The molecule has 2 N–H and O–H groups in total. The fraction of sp³-hybridized carbons (Fsp3) is 0.400. The highest BCUT2D eigenvalue weighted by Crippen LogP contribution is 2.30. The quantitative estimate of drug-likeness (QED) is 0.705. The van der Waals surface area contributed by atoms with E-state index in [-0.39, 0.29) is 18.5 Å². The number of rotatable bonds is 5. The average molecular weight is 373 g/mol. The standard InChI is InChI=1S/C20H24N4O.ClH/c1-14-18-13-23-24-19(18)7-8-20(14)25-17-6-2-5-16(10-17)22-12-15-4-3-9-21-11-15;/h3-4,7-9,11,13,16-17,22H,2,5-6,10,12H2,1H3,(H,23,24);1H/t16-,17+;/m0./s1. The van der Waals surface area contributed by atoms with Crippen LogP contribution in [0, 0.1) is 6.92 Å². The summed E-state index contributed by atoms with van der Waals surface area (Å²) in [4.78, 5) is 4.18. The first-order chi connectivity index (χ1) is 12.3. The number of nitrogens with one attached hydrogen (secondary N) is 2. The van der Waals surface area contributed by atoms with Crippen LogP contribution < -0.4 is 10.1 Å². The van der Waals surface area contributed by atoms with Crippen LogP contribution in [0.2, 0.25) is 0 Å². The van der Waals surface area contributed by atoms with Gasteiger partial charge in [-0.15, -0.1) is 12.4 Å². The number of ether oxygens (including phenoxy) is 1. The zero-order valence-corrected chi connectivity index (χ0v) is 15.8. The molecule has 0 radical (unpaired) electrons. The van der Waals surface area contributed by atoms with Crippen molar-refractivity contribution < 1.29 is 4.74 Å². The van der Waals surface area contributed by atoms with E-state index in [1.54, 1.807) is 0 Å². The Morgan fingerprint density at radius 3 is 3.00 bits per heavy atom. The summed E-state index contributed by atoms with van der Waals surface area (Å²) in [6, 6.07) is 8.70. The third-order valence-electron chi connectivity index (χ3n) is 5.08.